The quantitative estimate of drug-likeness (QED) is 0.774. The van der Waals surface area contributed by atoms with Crippen LogP contribution in [0.15, 0.2) is 18.2 Å². The van der Waals surface area contributed by atoms with E-state index in [1.54, 1.807) is 0 Å². The third-order valence-corrected chi connectivity index (χ3v) is 2.41. The summed E-state index contributed by atoms with van der Waals surface area (Å²) in [5, 5.41) is 11.8. The maximum absolute atomic E-state index is 11.4. The van der Waals surface area contributed by atoms with Crippen molar-refractivity contribution < 1.29 is 19.5 Å². The average molecular weight is 279 g/mol. The van der Waals surface area contributed by atoms with Gasteiger partial charge in [0.1, 0.15) is 0 Å². The number of carboxylic acid groups (broad SMARTS) is 1. The van der Waals surface area contributed by atoms with Gasteiger partial charge in [0, 0.05) is 5.69 Å². The molecule has 0 aliphatic carbocycles. The molecule has 0 radical (unpaired) electrons. The lowest BCUT2D eigenvalue weighted by Crippen LogP contribution is -2.33. The topological polar surface area (TPSA) is 78.9 Å². The molecule has 17 heavy (non-hydrogen) atoms. The third kappa shape index (κ3) is 4.01. The summed E-state index contributed by atoms with van der Waals surface area (Å²) >= 11 is 11.4. The predicted octanol–water partition coefficient (Wildman–Crippen LogP) is 3.07. The first-order valence-corrected chi connectivity index (χ1v) is 5.06. The van der Waals surface area contributed by atoms with Crippen LogP contribution >= 0.6 is 23.2 Å². The fourth-order valence-corrected chi connectivity index (χ4v) is 1.23. The SMILES string of the molecule is CN(OC(=O)O)C(=O)Nc1ccc(Cl)c(Cl)c1. The van der Waals surface area contributed by atoms with Crippen molar-refractivity contribution >= 4 is 41.1 Å². The van der Waals surface area contributed by atoms with Gasteiger partial charge in [0.2, 0.25) is 0 Å². The van der Waals surface area contributed by atoms with Gasteiger partial charge in [-0.1, -0.05) is 23.2 Å². The molecule has 0 aromatic heterocycles. The zero-order valence-electron chi connectivity index (χ0n) is 8.61. The van der Waals surface area contributed by atoms with E-state index in [0.717, 1.165) is 7.05 Å². The molecule has 0 fully saturated rings. The Morgan fingerprint density at radius 3 is 2.53 bits per heavy atom. The van der Waals surface area contributed by atoms with Crippen LogP contribution in [0.1, 0.15) is 0 Å². The van der Waals surface area contributed by atoms with Crippen LogP contribution in [0.3, 0.4) is 0 Å². The van der Waals surface area contributed by atoms with Crippen LogP contribution in [0, 0.1) is 0 Å². The van der Waals surface area contributed by atoms with E-state index in [1.165, 1.54) is 18.2 Å². The number of nitrogens with one attached hydrogen (secondary N) is 1. The van der Waals surface area contributed by atoms with Crippen LogP contribution in [-0.2, 0) is 4.84 Å². The average Bonchev–Trinajstić information content (AvgIpc) is 2.22. The minimum atomic E-state index is -1.59. The molecule has 6 nitrogen and oxygen atoms in total. The number of rotatable bonds is 1. The number of hydrogen-bond acceptors (Lipinski definition) is 3. The first kappa shape index (κ1) is 13.4. The van der Waals surface area contributed by atoms with Crippen molar-refractivity contribution in [2.75, 3.05) is 12.4 Å². The van der Waals surface area contributed by atoms with Crippen LogP contribution in [-0.4, -0.2) is 29.4 Å². The molecular weight excluding hydrogens is 271 g/mol. The number of anilines is 1. The maximum Gasteiger partial charge on any atom is 0.531 e. The number of hydroxylamine groups is 2. The Balaban J connectivity index is 2.67. The Bertz CT molecular complexity index is 453. The zero-order valence-corrected chi connectivity index (χ0v) is 10.1. The number of carbonyl (C=O) groups excluding carboxylic acids is 1. The predicted molar refractivity (Wildman–Crippen MR) is 62.4 cm³/mol. The van der Waals surface area contributed by atoms with E-state index in [2.05, 4.69) is 10.2 Å². The second kappa shape index (κ2) is 5.60. The first-order valence-electron chi connectivity index (χ1n) is 4.31. The van der Waals surface area contributed by atoms with Gasteiger partial charge in [-0.25, -0.2) is 9.59 Å². The molecule has 2 N–H and O–H groups in total. The molecule has 0 spiro atoms. The van der Waals surface area contributed by atoms with Gasteiger partial charge in [0.25, 0.3) is 0 Å². The Kier molecular flexibility index (Phi) is 4.42. The number of amides is 2. The van der Waals surface area contributed by atoms with Crippen molar-refractivity contribution in [2.45, 2.75) is 0 Å². The summed E-state index contributed by atoms with van der Waals surface area (Å²) in [6.45, 7) is 0. The van der Waals surface area contributed by atoms with Crippen LogP contribution in [0.4, 0.5) is 15.3 Å². The second-order valence-electron chi connectivity index (χ2n) is 2.91. The molecule has 0 bridgehead atoms. The molecule has 0 aliphatic rings. The first-order chi connectivity index (χ1) is 7.90. The third-order valence-electron chi connectivity index (χ3n) is 1.67. The summed E-state index contributed by atoms with van der Waals surface area (Å²) in [6.07, 6.45) is -1.59. The van der Waals surface area contributed by atoms with Crippen molar-refractivity contribution in [1.29, 1.82) is 0 Å². The fraction of sp³-hybridized carbons (Fsp3) is 0.111. The molecule has 0 heterocycles. The molecule has 0 unspecified atom stereocenters. The van der Waals surface area contributed by atoms with Crippen molar-refractivity contribution in [1.82, 2.24) is 5.06 Å². The highest BCUT2D eigenvalue weighted by Gasteiger charge is 2.13. The molecular formula is C9H8Cl2N2O4. The summed E-state index contributed by atoms with van der Waals surface area (Å²) in [7, 11) is 1.15. The van der Waals surface area contributed by atoms with Gasteiger partial charge in [0.15, 0.2) is 0 Å². The molecule has 1 aromatic rings. The smallest absolute Gasteiger partial charge is 0.448 e. The fourth-order valence-electron chi connectivity index (χ4n) is 0.935. The second-order valence-corrected chi connectivity index (χ2v) is 3.73. The van der Waals surface area contributed by atoms with Gasteiger partial charge < -0.3 is 15.3 Å². The molecule has 0 atom stereocenters. The molecule has 92 valence electrons. The molecule has 1 aromatic carbocycles. The monoisotopic (exact) mass is 278 g/mol. The highest BCUT2D eigenvalue weighted by atomic mass is 35.5. The van der Waals surface area contributed by atoms with Crippen molar-refractivity contribution in [3.05, 3.63) is 28.2 Å². The normalized spacial score (nSPS) is 9.59. The van der Waals surface area contributed by atoms with Crippen LogP contribution in [0.2, 0.25) is 10.0 Å². The van der Waals surface area contributed by atoms with Crippen molar-refractivity contribution in [3.8, 4) is 0 Å². The summed E-state index contributed by atoms with van der Waals surface area (Å²) in [5.74, 6) is 0. The van der Waals surface area contributed by atoms with Gasteiger partial charge in [-0.3, -0.25) is 0 Å². The lowest BCUT2D eigenvalue weighted by molar-refractivity contribution is -0.0589. The molecule has 1 rings (SSSR count). The molecule has 8 heteroatoms. The Morgan fingerprint density at radius 1 is 1.35 bits per heavy atom. The standard InChI is InChI=1S/C9H8Cl2N2O4/c1-13(17-9(15)16)8(14)12-5-2-3-6(10)7(11)4-5/h2-4H,1H3,(H,12,14)(H,15,16). The lowest BCUT2D eigenvalue weighted by atomic mass is 10.3. The number of hydrogen-bond donors (Lipinski definition) is 2. The highest BCUT2D eigenvalue weighted by Crippen LogP contribution is 2.25. The number of nitrogens with zero attached hydrogens (tertiary/aromatic N) is 1. The molecule has 2 amide bonds. The van der Waals surface area contributed by atoms with Crippen molar-refractivity contribution in [2.24, 2.45) is 0 Å². The van der Waals surface area contributed by atoms with Crippen LogP contribution in [0.25, 0.3) is 0 Å². The van der Waals surface area contributed by atoms with Gasteiger partial charge in [-0.05, 0) is 18.2 Å². The van der Waals surface area contributed by atoms with Gasteiger partial charge in [-0.15, -0.1) is 0 Å². The molecule has 0 saturated carbocycles. The van der Waals surface area contributed by atoms with E-state index in [1.807, 2.05) is 0 Å². The van der Waals surface area contributed by atoms with E-state index >= 15 is 0 Å². The van der Waals surface area contributed by atoms with E-state index in [-0.39, 0.29) is 5.02 Å². The van der Waals surface area contributed by atoms with Crippen LogP contribution in [0.5, 0.6) is 0 Å². The number of urea groups is 1. The van der Waals surface area contributed by atoms with Gasteiger partial charge >= 0.3 is 12.2 Å². The zero-order chi connectivity index (χ0) is 13.0. The Labute approximate surface area is 107 Å². The summed E-state index contributed by atoms with van der Waals surface area (Å²) in [6, 6.07) is 3.68. The van der Waals surface area contributed by atoms with Crippen LogP contribution < -0.4 is 5.32 Å². The minimum Gasteiger partial charge on any atom is -0.448 e. The summed E-state index contributed by atoms with van der Waals surface area (Å²) < 4.78 is 0. The number of halogens is 2. The summed E-state index contributed by atoms with van der Waals surface area (Å²) in [4.78, 5) is 25.7. The number of benzene rings is 1. The number of carbonyl (C=O) groups is 2. The van der Waals surface area contributed by atoms with Gasteiger partial charge in [0.05, 0.1) is 17.1 Å². The molecule has 0 aliphatic heterocycles. The maximum atomic E-state index is 11.4. The Hall–Kier alpha value is -1.66. The summed E-state index contributed by atoms with van der Waals surface area (Å²) in [5.41, 5.74) is 0.366. The lowest BCUT2D eigenvalue weighted by Gasteiger charge is -2.14. The van der Waals surface area contributed by atoms with Crippen molar-refractivity contribution in [3.63, 3.8) is 0 Å². The highest BCUT2D eigenvalue weighted by molar-refractivity contribution is 6.42. The molecule has 0 saturated heterocycles. The Morgan fingerprint density at radius 2 is 2.00 bits per heavy atom. The van der Waals surface area contributed by atoms with E-state index < -0.39 is 12.2 Å². The largest absolute Gasteiger partial charge is 0.531 e. The van der Waals surface area contributed by atoms with E-state index in [0.29, 0.717) is 15.8 Å². The van der Waals surface area contributed by atoms with E-state index in [4.69, 9.17) is 28.3 Å². The minimum absolute atomic E-state index is 0.270. The van der Waals surface area contributed by atoms with E-state index in [9.17, 15) is 9.59 Å². The van der Waals surface area contributed by atoms with Gasteiger partial charge in [-0.2, -0.15) is 5.06 Å².